The molecule has 2 N–H and O–H groups in total. The van der Waals surface area contributed by atoms with Crippen LogP contribution in [-0.2, 0) is 9.47 Å². The second-order valence-corrected chi connectivity index (χ2v) is 6.66. The Balaban J connectivity index is 1.91. The summed E-state index contributed by atoms with van der Waals surface area (Å²) in [6.45, 7) is 6.46. The summed E-state index contributed by atoms with van der Waals surface area (Å²) < 4.78 is 11.5. The molecule has 1 saturated heterocycles. The lowest BCUT2D eigenvalue weighted by atomic mass is 10.1. The van der Waals surface area contributed by atoms with Gasteiger partial charge in [0.05, 0.1) is 36.9 Å². The first-order valence-electron chi connectivity index (χ1n) is 9.75. The van der Waals surface area contributed by atoms with Gasteiger partial charge in [-0.3, -0.25) is 4.99 Å². The molecule has 0 spiro atoms. The van der Waals surface area contributed by atoms with Crippen molar-refractivity contribution in [3.05, 3.63) is 71.3 Å². The van der Waals surface area contributed by atoms with Crippen molar-refractivity contribution in [1.82, 2.24) is 10.3 Å². The Kier molecular flexibility index (Phi) is 7.61. The lowest BCUT2D eigenvalue weighted by Crippen LogP contribution is -2.36. The van der Waals surface area contributed by atoms with E-state index in [2.05, 4.69) is 27.1 Å². The van der Waals surface area contributed by atoms with Crippen molar-refractivity contribution in [3.8, 4) is 0 Å². The normalized spacial score (nSPS) is 20.9. The molecule has 2 heterocycles. The third kappa shape index (κ3) is 5.34. The van der Waals surface area contributed by atoms with Crippen LogP contribution in [0.4, 0.5) is 0 Å². The summed E-state index contributed by atoms with van der Waals surface area (Å²) in [4.78, 5) is 6.35. The molecule has 0 aliphatic carbocycles. The van der Waals surface area contributed by atoms with Gasteiger partial charge in [0.15, 0.2) is 5.76 Å². The minimum absolute atomic E-state index is 0.0538. The molecule has 1 aromatic carbocycles. The van der Waals surface area contributed by atoms with Gasteiger partial charge in [0.1, 0.15) is 6.10 Å². The molecule has 0 amide bonds. The van der Waals surface area contributed by atoms with Crippen molar-refractivity contribution in [1.29, 1.82) is 0 Å². The Morgan fingerprint density at radius 2 is 2.07 bits per heavy atom. The van der Waals surface area contributed by atoms with E-state index >= 15 is 0 Å². The maximum atomic E-state index is 9.52. The summed E-state index contributed by atoms with van der Waals surface area (Å²) in [6.07, 6.45) is 6.17. The van der Waals surface area contributed by atoms with Crippen LogP contribution >= 0.6 is 0 Å². The quantitative estimate of drug-likeness (QED) is 0.400. The molecule has 1 aromatic rings. The third-order valence-electron chi connectivity index (χ3n) is 4.76. The topological polar surface area (TPSA) is 78.7 Å². The molecule has 0 saturated carbocycles. The summed E-state index contributed by atoms with van der Waals surface area (Å²) in [5.41, 5.74) is 6.38. The van der Waals surface area contributed by atoms with Crippen molar-refractivity contribution < 1.29 is 14.6 Å². The number of nitrogens with zero attached hydrogens (tertiary/aromatic N) is 3. The SMILES string of the molecule is C=NC1=C(\C(=C/C=C\C(=N/NC)c2ccccc2)N2CCOCC2)OC(CO)C1. The highest BCUT2D eigenvalue weighted by Gasteiger charge is 2.30. The van der Waals surface area contributed by atoms with Crippen molar-refractivity contribution in [3.63, 3.8) is 0 Å². The first kappa shape index (κ1) is 20.8. The summed E-state index contributed by atoms with van der Waals surface area (Å²) >= 11 is 0. The van der Waals surface area contributed by atoms with E-state index in [0.717, 1.165) is 35.8 Å². The van der Waals surface area contributed by atoms with E-state index in [4.69, 9.17) is 9.47 Å². The number of rotatable bonds is 8. The molecule has 2 aliphatic heterocycles. The van der Waals surface area contributed by atoms with Gasteiger partial charge in [-0.1, -0.05) is 36.4 Å². The van der Waals surface area contributed by atoms with Gasteiger partial charge < -0.3 is 24.9 Å². The van der Waals surface area contributed by atoms with Crippen molar-refractivity contribution in [2.24, 2.45) is 10.1 Å². The Morgan fingerprint density at radius 3 is 2.72 bits per heavy atom. The first-order chi connectivity index (χ1) is 14.3. The van der Waals surface area contributed by atoms with Gasteiger partial charge in [0.25, 0.3) is 0 Å². The fraction of sp³-hybridized carbons (Fsp3) is 0.364. The molecule has 1 unspecified atom stereocenters. The molecule has 7 nitrogen and oxygen atoms in total. The summed E-state index contributed by atoms with van der Waals surface area (Å²) in [5, 5.41) is 13.9. The first-order valence-corrected chi connectivity index (χ1v) is 9.75. The number of aliphatic hydroxyl groups is 1. The molecule has 7 heteroatoms. The monoisotopic (exact) mass is 396 g/mol. The van der Waals surface area contributed by atoms with Crippen LogP contribution < -0.4 is 5.43 Å². The van der Waals surface area contributed by atoms with E-state index < -0.39 is 0 Å². The lowest BCUT2D eigenvalue weighted by Gasteiger charge is -2.31. The molecule has 1 fully saturated rings. The van der Waals surface area contributed by atoms with Gasteiger partial charge in [-0.25, -0.2) is 0 Å². The van der Waals surface area contributed by atoms with Gasteiger partial charge in [-0.2, -0.15) is 5.10 Å². The van der Waals surface area contributed by atoms with E-state index in [1.54, 1.807) is 7.05 Å². The van der Waals surface area contributed by atoms with Crippen molar-refractivity contribution in [2.75, 3.05) is 40.0 Å². The molecule has 3 rings (SSSR count). The van der Waals surface area contributed by atoms with E-state index in [1.807, 2.05) is 48.6 Å². The summed E-state index contributed by atoms with van der Waals surface area (Å²) in [7, 11) is 1.78. The van der Waals surface area contributed by atoms with E-state index in [1.165, 1.54) is 0 Å². The number of morpholine rings is 1. The van der Waals surface area contributed by atoms with Crippen molar-refractivity contribution >= 4 is 12.4 Å². The number of nitrogens with one attached hydrogen (secondary N) is 1. The molecule has 0 bridgehead atoms. The molecule has 0 radical (unpaired) electrons. The van der Waals surface area contributed by atoms with Crippen LogP contribution in [0.5, 0.6) is 0 Å². The maximum Gasteiger partial charge on any atom is 0.164 e. The smallest absolute Gasteiger partial charge is 0.164 e. The number of benzene rings is 1. The molecule has 154 valence electrons. The molecular formula is C22H28N4O3. The highest BCUT2D eigenvalue weighted by atomic mass is 16.5. The standard InChI is InChI=1S/C22H28N4O3/c1-23-20-15-18(16-27)29-22(20)21(26-11-13-28-14-12-26)10-6-9-19(25-24-2)17-7-4-3-5-8-17/h3-10,18,24,27H,1,11-16H2,2H3/b9-6-,21-10+,25-19+. The van der Waals surface area contributed by atoms with Gasteiger partial charge in [0, 0.05) is 32.1 Å². The maximum absolute atomic E-state index is 9.52. The third-order valence-corrected chi connectivity index (χ3v) is 4.76. The number of ether oxygens (including phenoxy) is 2. The Morgan fingerprint density at radius 1 is 1.31 bits per heavy atom. The molecular weight excluding hydrogens is 368 g/mol. The molecule has 1 atom stereocenters. The minimum atomic E-state index is -0.287. The number of aliphatic imine (C=N–C) groups is 1. The predicted octanol–water partition coefficient (Wildman–Crippen LogP) is 2.08. The lowest BCUT2D eigenvalue weighted by molar-refractivity contribution is 0.0421. The molecule has 2 aliphatic rings. The van der Waals surface area contributed by atoms with Crippen LogP contribution in [-0.4, -0.2) is 68.5 Å². The highest BCUT2D eigenvalue weighted by molar-refractivity contribution is 6.08. The van der Waals surface area contributed by atoms with Gasteiger partial charge in [-0.05, 0) is 18.9 Å². The van der Waals surface area contributed by atoms with Gasteiger partial charge >= 0.3 is 0 Å². The van der Waals surface area contributed by atoms with Crippen LogP contribution in [0.3, 0.4) is 0 Å². The molecule has 29 heavy (non-hydrogen) atoms. The predicted molar refractivity (Wildman–Crippen MR) is 115 cm³/mol. The van der Waals surface area contributed by atoms with E-state index in [-0.39, 0.29) is 12.7 Å². The number of hydrogen-bond donors (Lipinski definition) is 2. The average molecular weight is 396 g/mol. The van der Waals surface area contributed by atoms with Crippen LogP contribution in [0.2, 0.25) is 0 Å². The largest absolute Gasteiger partial charge is 0.484 e. The van der Waals surface area contributed by atoms with E-state index in [0.29, 0.717) is 25.4 Å². The summed E-state index contributed by atoms with van der Waals surface area (Å²) in [6, 6.07) is 9.98. The molecule has 0 aromatic heterocycles. The van der Waals surface area contributed by atoms with E-state index in [9.17, 15) is 5.11 Å². The van der Waals surface area contributed by atoms with Crippen molar-refractivity contribution in [2.45, 2.75) is 12.5 Å². The zero-order valence-electron chi connectivity index (χ0n) is 16.8. The second kappa shape index (κ2) is 10.6. The second-order valence-electron chi connectivity index (χ2n) is 6.66. The minimum Gasteiger partial charge on any atom is -0.484 e. The van der Waals surface area contributed by atoms with Gasteiger partial charge in [-0.15, -0.1) is 0 Å². The zero-order valence-corrected chi connectivity index (χ0v) is 16.8. The Hall–Kier alpha value is -2.90. The summed E-state index contributed by atoms with van der Waals surface area (Å²) in [5.74, 6) is 0.678. The van der Waals surface area contributed by atoms with Crippen LogP contribution in [0.1, 0.15) is 12.0 Å². The zero-order chi connectivity index (χ0) is 20.5. The van der Waals surface area contributed by atoms with Crippen LogP contribution in [0.25, 0.3) is 0 Å². The number of aliphatic hydroxyl groups excluding tert-OH is 1. The Bertz CT molecular complexity index is 809. The fourth-order valence-electron chi connectivity index (χ4n) is 3.32. The highest BCUT2D eigenvalue weighted by Crippen LogP contribution is 2.32. The fourth-order valence-corrected chi connectivity index (χ4v) is 3.32. The number of allylic oxidation sites excluding steroid dienone is 3. The van der Waals surface area contributed by atoms with Crippen LogP contribution in [0, 0.1) is 0 Å². The number of hydrogen-bond acceptors (Lipinski definition) is 7. The van der Waals surface area contributed by atoms with Crippen LogP contribution in [0.15, 0.2) is 75.8 Å². The Labute approximate surface area is 171 Å². The van der Waals surface area contributed by atoms with Gasteiger partial charge in [0.2, 0.25) is 0 Å². The number of hydrazone groups is 1. The average Bonchev–Trinajstić information content (AvgIpc) is 3.20.